The molecule has 4 heteroatoms. The zero-order chi connectivity index (χ0) is 9.97. The number of nitrogens with zero attached hydrogens (tertiary/aromatic N) is 1. The third-order valence-electron chi connectivity index (χ3n) is 2.21. The maximum atomic E-state index is 11.5. The molecule has 0 unspecified atom stereocenters. The van der Waals surface area contributed by atoms with Crippen molar-refractivity contribution in [2.45, 2.75) is 32.2 Å². The fourth-order valence-electron chi connectivity index (χ4n) is 1.30. The molecule has 2 rings (SSSR count). The number of thiazole rings is 1. The molecule has 0 atom stereocenters. The van der Waals surface area contributed by atoms with Gasteiger partial charge in [0.15, 0.2) is 5.78 Å². The van der Waals surface area contributed by atoms with Crippen molar-refractivity contribution in [3.63, 3.8) is 0 Å². The highest BCUT2D eigenvalue weighted by atomic mass is 32.1. The van der Waals surface area contributed by atoms with E-state index < -0.39 is 0 Å². The molecule has 1 N–H and O–H groups in total. The van der Waals surface area contributed by atoms with E-state index in [9.17, 15) is 4.79 Å². The van der Waals surface area contributed by atoms with Crippen molar-refractivity contribution in [3.8, 4) is 0 Å². The molecule has 1 heterocycles. The van der Waals surface area contributed by atoms with Gasteiger partial charge in [-0.05, 0) is 19.8 Å². The number of nitrogens with one attached hydrogen (secondary N) is 1. The first-order valence-corrected chi connectivity index (χ1v) is 5.78. The third-order valence-corrected chi connectivity index (χ3v) is 3.03. The fourth-order valence-corrected chi connectivity index (χ4v) is 1.91. The Labute approximate surface area is 87.6 Å². The van der Waals surface area contributed by atoms with Crippen molar-refractivity contribution in [1.82, 2.24) is 10.3 Å². The van der Waals surface area contributed by atoms with Gasteiger partial charge in [-0.2, -0.15) is 0 Å². The Morgan fingerprint density at radius 2 is 2.50 bits per heavy atom. The highest BCUT2D eigenvalue weighted by Gasteiger charge is 2.21. The molecule has 0 aliphatic heterocycles. The number of rotatable bonds is 5. The third kappa shape index (κ3) is 2.89. The molecule has 0 saturated heterocycles. The van der Waals surface area contributed by atoms with Crippen LogP contribution >= 0.6 is 11.3 Å². The van der Waals surface area contributed by atoms with Crippen LogP contribution in [0, 0.1) is 6.92 Å². The first-order chi connectivity index (χ1) is 6.74. The molecule has 14 heavy (non-hydrogen) atoms. The van der Waals surface area contributed by atoms with Gasteiger partial charge in [-0.1, -0.05) is 0 Å². The van der Waals surface area contributed by atoms with Gasteiger partial charge in [0.05, 0.1) is 23.7 Å². The molecule has 0 radical (unpaired) electrons. The Kier molecular flexibility index (Phi) is 2.93. The summed E-state index contributed by atoms with van der Waals surface area (Å²) < 4.78 is 0. The van der Waals surface area contributed by atoms with Crippen LogP contribution in [0.25, 0.3) is 0 Å². The number of Topliss-reactive ketones (excluding diaryl/α,β-unsaturated/α-hetero) is 1. The lowest BCUT2D eigenvalue weighted by atomic mass is 10.2. The molecule has 1 aromatic heterocycles. The van der Waals surface area contributed by atoms with Crippen LogP contribution in [0.2, 0.25) is 0 Å². The summed E-state index contributed by atoms with van der Waals surface area (Å²) in [7, 11) is 0. The lowest BCUT2D eigenvalue weighted by molar-refractivity contribution is -0.117. The van der Waals surface area contributed by atoms with Gasteiger partial charge in [-0.3, -0.25) is 4.79 Å². The molecular formula is C10H14N2OS. The summed E-state index contributed by atoms with van der Waals surface area (Å²) >= 11 is 1.60. The predicted molar refractivity (Wildman–Crippen MR) is 56.6 cm³/mol. The highest BCUT2D eigenvalue weighted by Crippen LogP contribution is 2.18. The van der Waals surface area contributed by atoms with Gasteiger partial charge < -0.3 is 5.32 Å². The van der Waals surface area contributed by atoms with Crippen molar-refractivity contribution in [2.75, 3.05) is 6.54 Å². The zero-order valence-electron chi connectivity index (χ0n) is 8.25. The van der Waals surface area contributed by atoms with E-state index in [4.69, 9.17) is 0 Å². The van der Waals surface area contributed by atoms with Crippen molar-refractivity contribution in [1.29, 1.82) is 0 Å². The van der Waals surface area contributed by atoms with Gasteiger partial charge >= 0.3 is 0 Å². The summed E-state index contributed by atoms with van der Waals surface area (Å²) in [6.07, 6.45) is 2.93. The van der Waals surface area contributed by atoms with Gasteiger partial charge in [0.25, 0.3) is 0 Å². The molecule has 3 nitrogen and oxygen atoms in total. The van der Waals surface area contributed by atoms with Crippen LogP contribution in [0.3, 0.4) is 0 Å². The molecule has 0 spiro atoms. The van der Waals surface area contributed by atoms with Gasteiger partial charge in [0.2, 0.25) is 0 Å². The number of carbonyl (C=O) groups excluding carboxylic acids is 1. The number of carbonyl (C=O) groups is 1. The van der Waals surface area contributed by atoms with E-state index in [0.717, 1.165) is 10.7 Å². The fraction of sp³-hybridized carbons (Fsp3) is 0.600. The van der Waals surface area contributed by atoms with Crippen LogP contribution in [0.4, 0.5) is 0 Å². The lowest BCUT2D eigenvalue weighted by Crippen LogP contribution is -2.25. The van der Waals surface area contributed by atoms with Crippen molar-refractivity contribution >= 4 is 17.1 Å². The van der Waals surface area contributed by atoms with E-state index in [1.165, 1.54) is 12.8 Å². The van der Waals surface area contributed by atoms with E-state index in [1.54, 1.807) is 11.3 Å². The minimum absolute atomic E-state index is 0.238. The van der Waals surface area contributed by atoms with Gasteiger partial charge in [-0.15, -0.1) is 11.3 Å². The number of aryl methyl sites for hydroxylation is 1. The van der Waals surface area contributed by atoms with E-state index >= 15 is 0 Å². The molecule has 0 aromatic carbocycles. The van der Waals surface area contributed by atoms with E-state index in [2.05, 4.69) is 10.3 Å². The lowest BCUT2D eigenvalue weighted by Gasteiger charge is -1.99. The van der Waals surface area contributed by atoms with Crippen molar-refractivity contribution < 1.29 is 4.79 Å². The Morgan fingerprint density at radius 1 is 1.71 bits per heavy atom. The van der Waals surface area contributed by atoms with Gasteiger partial charge in [0, 0.05) is 11.4 Å². The molecule has 1 aromatic rings. The maximum Gasteiger partial charge on any atom is 0.152 e. The van der Waals surface area contributed by atoms with Gasteiger partial charge in [-0.25, -0.2) is 4.98 Å². The minimum Gasteiger partial charge on any atom is -0.307 e. The molecule has 0 amide bonds. The molecule has 1 fully saturated rings. The summed E-state index contributed by atoms with van der Waals surface area (Å²) in [5.41, 5.74) is 0.912. The second kappa shape index (κ2) is 4.19. The predicted octanol–water partition coefficient (Wildman–Crippen LogP) is 1.32. The molecular weight excluding hydrogens is 196 g/mol. The smallest absolute Gasteiger partial charge is 0.152 e. The normalized spacial score (nSPS) is 15.8. The van der Waals surface area contributed by atoms with Crippen LogP contribution in [-0.4, -0.2) is 23.4 Å². The van der Waals surface area contributed by atoms with Crippen LogP contribution in [0.15, 0.2) is 5.38 Å². The Balaban J connectivity index is 1.75. The second-order valence-electron chi connectivity index (χ2n) is 3.73. The first kappa shape index (κ1) is 9.80. The van der Waals surface area contributed by atoms with Crippen LogP contribution in [-0.2, 0) is 11.2 Å². The number of hydrogen-bond acceptors (Lipinski definition) is 4. The quantitative estimate of drug-likeness (QED) is 0.797. The maximum absolute atomic E-state index is 11.5. The van der Waals surface area contributed by atoms with E-state index in [1.807, 2.05) is 12.3 Å². The van der Waals surface area contributed by atoms with Crippen molar-refractivity contribution in [2.24, 2.45) is 0 Å². The van der Waals surface area contributed by atoms with Crippen LogP contribution < -0.4 is 5.32 Å². The zero-order valence-corrected chi connectivity index (χ0v) is 9.06. The molecule has 76 valence electrons. The summed E-state index contributed by atoms with van der Waals surface area (Å²) in [5, 5.41) is 6.20. The minimum atomic E-state index is 0.238. The van der Waals surface area contributed by atoms with E-state index in [-0.39, 0.29) is 5.78 Å². The Bertz CT molecular complexity index is 331. The summed E-state index contributed by atoms with van der Waals surface area (Å²) in [6.45, 7) is 2.46. The monoisotopic (exact) mass is 210 g/mol. The topological polar surface area (TPSA) is 42.0 Å². The molecule has 0 bridgehead atoms. The average molecular weight is 210 g/mol. The summed E-state index contributed by atoms with van der Waals surface area (Å²) in [4.78, 5) is 15.7. The molecule has 1 aliphatic carbocycles. The van der Waals surface area contributed by atoms with E-state index in [0.29, 0.717) is 19.0 Å². The Hall–Kier alpha value is -0.740. The second-order valence-corrected chi connectivity index (χ2v) is 4.79. The highest BCUT2D eigenvalue weighted by molar-refractivity contribution is 7.09. The number of hydrogen-bond donors (Lipinski definition) is 1. The average Bonchev–Trinajstić information content (AvgIpc) is 2.88. The molecule has 1 aliphatic rings. The molecule has 1 saturated carbocycles. The number of aromatic nitrogens is 1. The largest absolute Gasteiger partial charge is 0.307 e. The SMILES string of the molecule is Cc1nc(CC(=O)CNC2CC2)cs1. The summed E-state index contributed by atoms with van der Waals surface area (Å²) in [5.74, 6) is 0.238. The van der Waals surface area contributed by atoms with Crippen LogP contribution in [0.5, 0.6) is 0 Å². The Morgan fingerprint density at radius 3 is 3.07 bits per heavy atom. The van der Waals surface area contributed by atoms with Crippen molar-refractivity contribution in [3.05, 3.63) is 16.1 Å². The number of ketones is 1. The standard InChI is InChI=1S/C10H14N2OS/c1-7-12-9(6-14-7)4-10(13)5-11-8-2-3-8/h6,8,11H,2-5H2,1H3. The first-order valence-electron chi connectivity index (χ1n) is 4.90. The van der Waals surface area contributed by atoms with Crippen LogP contribution in [0.1, 0.15) is 23.5 Å². The van der Waals surface area contributed by atoms with Gasteiger partial charge in [0.1, 0.15) is 0 Å². The summed E-state index contributed by atoms with van der Waals surface area (Å²) in [6, 6.07) is 0.608.